The number of carbonyl (C=O) groups excluding carboxylic acids is 4. The Kier molecular flexibility index (Phi) is 30.2. The molecule has 334 valence electrons. The zero-order chi connectivity index (χ0) is 42.2. The molecule has 1 aliphatic rings. The van der Waals surface area contributed by atoms with Crippen LogP contribution < -0.4 is 0 Å². The maximum absolute atomic E-state index is 12.6. The zero-order valence-electron chi connectivity index (χ0n) is 37.7. The Hall–Kier alpha value is -2.20. The van der Waals surface area contributed by atoms with Crippen molar-refractivity contribution in [2.24, 2.45) is 11.3 Å². The first kappa shape index (κ1) is 52.8. The fourth-order valence-corrected chi connectivity index (χ4v) is 7.06. The molecule has 57 heavy (non-hydrogen) atoms. The molecule has 0 bridgehead atoms. The highest BCUT2D eigenvalue weighted by Crippen LogP contribution is 2.31. The van der Waals surface area contributed by atoms with Gasteiger partial charge in [-0.05, 0) is 85.0 Å². The van der Waals surface area contributed by atoms with Crippen LogP contribution in [0.15, 0.2) is 0 Å². The van der Waals surface area contributed by atoms with Crippen molar-refractivity contribution >= 4 is 23.9 Å². The number of hydrogen-bond donors (Lipinski definition) is 0. The first-order chi connectivity index (χ1) is 27.3. The number of carbonyl (C=O) groups is 4. The molecule has 1 saturated heterocycles. The lowest BCUT2D eigenvalue weighted by Crippen LogP contribution is -2.51. The molecular formula is C47H86O10. The Morgan fingerprint density at radius 1 is 0.474 bits per heavy atom. The normalized spacial score (nSPS) is 16.3. The third kappa shape index (κ3) is 29.6. The van der Waals surface area contributed by atoms with E-state index in [1.165, 1.54) is 70.6 Å². The summed E-state index contributed by atoms with van der Waals surface area (Å²) < 4.78 is 34.3. The van der Waals surface area contributed by atoms with Crippen molar-refractivity contribution < 1.29 is 47.6 Å². The Morgan fingerprint density at radius 2 is 0.825 bits per heavy atom. The van der Waals surface area contributed by atoms with Gasteiger partial charge in [0.25, 0.3) is 0 Å². The second kappa shape index (κ2) is 32.6. The third-order valence-electron chi connectivity index (χ3n) is 11.0. The van der Waals surface area contributed by atoms with Crippen molar-refractivity contribution in [2.45, 2.75) is 240 Å². The summed E-state index contributed by atoms with van der Waals surface area (Å²) in [4.78, 5) is 49.8. The van der Waals surface area contributed by atoms with Gasteiger partial charge in [-0.15, -0.1) is 0 Å². The van der Waals surface area contributed by atoms with Crippen LogP contribution in [-0.2, 0) is 47.6 Å². The van der Waals surface area contributed by atoms with E-state index < -0.39 is 11.2 Å². The predicted molar refractivity (Wildman–Crippen MR) is 227 cm³/mol. The summed E-state index contributed by atoms with van der Waals surface area (Å²) in [5.41, 5.74) is -0.780. The summed E-state index contributed by atoms with van der Waals surface area (Å²) in [5, 5.41) is 0. The molecular weight excluding hydrogens is 725 g/mol. The quantitative estimate of drug-likeness (QED) is 0.0343. The van der Waals surface area contributed by atoms with Gasteiger partial charge in [0.1, 0.15) is 13.2 Å². The van der Waals surface area contributed by atoms with Crippen molar-refractivity contribution in [2.75, 3.05) is 26.4 Å². The van der Waals surface area contributed by atoms with Crippen LogP contribution in [0, 0.1) is 11.3 Å². The summed E-state index contributed by atoms with van der Waals surface area (Å²) in [6, 6.07) is 0. The summed E-state index contributed by atoms with van der Waals surface area (Å²) >= 11 is 0. The first-order valence-electron chi connectivity index (χ1n) is 23.3. The Bertz CT molecular complexity index is 1050. The maximum Gasteiger partial charge on any atom is 0.306 e. The molecule has 0 saturated carbocycles. The summed E-state index contributed by atoms with van der Waals surface area (Å²) in [6.45, 7) is 14.9. The van der Waals surface area contributed by atoms with Crippen LogP contribution in [0.1, 0.15) is 222 Å². The molecule has 0 N–H and O–H groups in total. The van der Waals surface area contributed by atoms with E-state index in [1.807, 2.05) is 27.7 Å². The van der Waals surface area contributed by atoms with Crippen molar-refractivity contribution in [3.05, 3.63) is 0 Å². The molecule has 0 radical (unpaired) electrons. The molecule has 1 fully saturated rings. The van der Waals surface area contributed by atoms with Crippen LogP contribution in [0.5, 0.6) is 0 Å². The molecule has 1 heterocycles. The fourth-order valence-electron chi connectivity index (χ4n) is 7.06. The topological polar surface area (TPSA) is 124 Å². The molecule has 0 amide bonds. The van der Waals surface area contributed by atoms with Gasteiger partial charge in [0.15, 0.2) is 5.79 Å². The molecule has 1 rings (SSSR count). The monoisotopic (exact) mass is 811 g/mol. The average molecular weight is 811 g/mol. The van der Waals surface area contributed by atoms with Crippen molar-refractivity contribution in [1.29, 1.82) is 0 Å². The standard InChI is InChI=1S/C47H86O10/c1-8-10-12-13-14-15-21-29-40(4)56-44(50)33-24-18-16-22-31-42(48)52-35-47(37-54-46(6,7)55-38-47)36-53-43(49)32-23-17-19-25-34-45(51)57-41(5)30-26-28-39(3)27-20-11-9-2/h39-41H,8-38H2,1-7H3. The minimum Gasteiger partial charge on any atom is -0.465 e. The highest BCUT2D eigenvalue weighted by Gasteiger charge is 2.42. The molecule has 10 nitrogen and oxygen atoms in total. The molecule has 1 aliphatic heterocycles. The zero-order valence-corrected chi connectivity index (χ0v) is 37.7. The SMILES string of the molecule is CCCCCCCCCC(C)OC(=O)CCCCCCC(=O)OCC1(COC(=O)CCCCCCC(=O)OC(C)CCCC(C)CCCCC)COC(C)(C)OC1. The smallest absolute Gasteiger partial charge is 0.306 e. The molecule has 0 aromatic rings. The van der Waals surface area contributed by atoms with Crippen LogP contribution in [0.3, 0.4) is 0 Å². The summed E-state index contributed by atoms with van der Waals surface area (Å²) in [7, 11) is 0. The molecule has 0 spiro atoms. The average Bonchev–Trinajstić information content (AvgIpc) is 3.16. The number of hydrogen-bond acceptors (Lipinski definition) is 10. The van der Waals surface area contributed by atoms with Crippen LogP contribution in [0.2, 0.25) is 0 Å². The minimum absolute atomic E-state index is 0.0325. The van der Waals surface area contributed by atoms with Gasteiger partial charge in [-0.2, -0.15) is 0 Å². The number of ether oxygens (including phenoxy) is 6. The largest absolute Gasteiger partial charge is 0.465 e. The predicted octanol–water partition coefficient (Wildman–Crippen LogP) is 11.9. The van der Waals surface area contributed by atoms with Gasteiger partial charge in [-0.1, -0.05) is 117 Å². The Labute approximate surface area is 348 Å². The van der Waals surface area contributed by atoms with E-state index in [2.05, 4.69) is 20.8 Å². The van der Waals surface area contributed by atoms with Crippen molar-refractivity contribution in [1.82, 2.24) is 0 Å². The van der Waals surface area contributed by atoms with E-state index in [0.717, 1.165) is 70.1 Å². The van der Waals surface area contributed by atoms with Gasteiger partial charge in [-0.3, -0.25) is 19.2 Å². The van der Waals surface area contributed by atoms with Crippen LogP contribution in [-0.4, -0.2) is 68.3 Å². The van der Waals surface area contributed by atoms with Crippen molar-refractivity contribution in [3.8, 4) is 0 Å². The van der Waals surface area contributed by atoms with E-state index in [1.54, 1.807) is 0 Å². The molecule has 0 aromatic heterocycles. The molecule has 0 aromatic carbocycles. The second-order valence-electron chi connectivity index (χ2n) is 17.7. The highest BCUT2D eigenvalue weighted by atomic mass is 16.7. The van der Waals surface area contributed by atoms with Gasteiger partial charge in [0.05, 0.1) is 30.8 Å². The van der Waals surface area contributed by atoms with Gasteiger partial charge in [-0.25, -0.2) is 0 Å². The van der Waals surface area contributed by atoms with E-state index in [-0.39, 0.29) is 75.4 Å². The molecule has 3 unspecified atom stereocenters. The van der Waals surface area contributed by atoms with Gasteiger partial charge < -0.3 is 28.4 Å². The second-order valence-corrected chi connectivity index (χ2v) is 17.7. The number of unbranched alkanes of at least 4 members (excludes halogenated alkanes) is 14. The number of rotatable bonds is 36. The summed E-state index contributed by atoms with van der Waals surface area (Å²) in [6.07, 6.45) is 25.4. The fraction of sp³-hybridized carbons (Fsp3) is 0.915. The minimum atomic E-state index is -0.780. The Balaban J connectivity index is 2.22. The highest BCUT2D eigenvalue weighted by molar-refractivity contribution is 5.70. The van der Waals surface area contributed by atoms with Crippen LogP contribution >= 0.6 is 0 Å². The van der Waals surface area contributed by atoms with E-state index in [9.17, 15) is 19.2 Å². The van der Waals surface area contributed by atoms with Gasteiger partial charge >= 0.3 is 23.9 Å². The van der Waals surface area contributed by atoms with Crippen LogP contribution in [0.4, 0.5) is 0 Å². The van der Waals surface area contributed by atoms with E-state index in [4.69, 9.17) is 28.4 Å². The van der Waals surface area contributed by atoms with Crippen molar-refractivity contribution in [3.63, 3.8) is 0 Å². The molecule has 3 atom stereocenters. The third-order valence-corrected chi connectivity index (χ3v) is 11.0. The lowest BCUT2D eigenvalue weighted by atomic mass is 9.91. The van der Waals surface area contributed by atoms with Gasteiger partial charge in [0, 0.05) is 25.7 Å². The molecule has 10 heteroatoms. The maximum atomic E-state index is 12.6. The lowest BCUT2D eigenvalue weighted by Gasteiger charge is -2.42. The molecule has 0 aliphatic carbocycles. The number of esters is 4. The van der Waals surface area contributed by atoms with E-state index in [0.29, 0.717) is 25.7 Å². The summed E-state index contributed by atoms with van der Waals surface area (Å²) in [5.74, 6) is -0.954. The first-order valence-corrected chi connectivity index (χ1v) is 23.3. The lowest BCUT2D eigenvalue weighted by molar-refractivity contribution is -0.296. The van der Waals surface area contributed by atoms with Gasteiger partial charge in [0.2, 0.25) is 0 Å². The Morgan fingerprint density at radius 3 is 1.30 bits per heavy atom. The van der Waals surface area contributed by atoms with Crippen LogP contribution in [0.25, 0.3) is 0 Å². The van der Waals surface area contributed by atoms with E-state index >= 15 is 0 Å².